The second-order valence-corrected chi connectivity index (χ2v) is 11.1. The highest BCUT2D eigenvalue weighted by molar-refractivity contribution is 7.96. The highest BCUT2D eigenvalue weighted by Crippen LogP contribution is 2.26. The Bertz CT molecular complexity index is 1040. The molecule has 28 heavy (non-hydrogen) atoms. The van der Waals surface area contributed by atoms with Gasteiger partial charge >= 0.3 is 0 Å². The SMILES string of the molecule is COc1cccc(CCN[C@H]2CS(=O)(=O)C[C@@H]2S(=O)(=O)c2ccc(F)cc2)c1. The number of ether oxygens (including phenoxy) is 1. The number of hydrogen-bond acceptors (Lipinski definition) is 6. The van der Waals surface area contributed by atoms with Crippen LogP contribution in [0.2, 0.25) is 0 Å². The lowest BCUT2D eigenvalue weighted by molar-refractivity contribution is 0.414. The summed E-state index contributed by atoms with van der Waals surface area (Å²) < 4.78 is 68.4. The van der Waals surface area contributed by atoms with Crippen LogP contribution < -0.4 is 10.1 Å². The van der Waals surface area contributed by atoms with Crippen molar-refractivity contribution in [2.75, 3.05) is 25.2 Å². The zero-order valence-electron chi connectivity index (χ0n) is 15.3. The third-order valence-electron chi connectivity index (χ3n) is 4.80. The van der Waals surface area contributed by atoms with Crippen molar-refractivity contribution in [3.63, 3.8) is 0 Å². The standard InChI is InChI=1S/C19H22FNO5S2/c1-26-16-4-2-3-14(11-16)9-10-21-18-12-27(22,23)13-19(18)28(24,25)17-7-5-15(20)6-8-17/h2-8,11,18-19,21H,9-10,12-13H2,1H3/t18-,19-/m0/s1. The van der Waals surface area contributed by atoms with E-state index in [1.807, 2.05) is 24.3 Å². The van der Waals surface area contributed by atoms with Crippen molar-refractivity contribution >= 4 is 19.7 Å². The van der Waals surface area contributed by atoms with Crippen LogP contribution >= 0.6 is 0 Å². The molecule has 0 amide bonds. The molecule has 1 fully saturated rings. The molecule has 0 unspecified atom stereocenters. The Morgan fingerprint density at radius 2 is 1.86 bits per heavy atom. The van der Waals surface area contributed by atoms with Gasteiger partial charge in [0.05, 0.1) is 28.8 Å². The lowest BCUT2D eigenvalue weighted by atomic mass is 10.1. The summed E-state index contributed by atoms with van der Waals surface area (Å²) in [4.78, 5) is -0.0735. The van der Waals surface area contributed by atoms with E-state index in [9.17, 15) is 21.2 Å². The molecule has 1 heterocycles. The van der Waals surface area contributed by atoms with Crippen LogP contribution in [-0.4, -0.2) is 53.3 Å². The molecule has 9 heteroatoms. The summed E-state index contributed by atoms with van der Waals surface area (Å²) in [5.41, 5.74) is 0.991. The summed E-state index contributed by atoms with van der Waals surface area (Å²) in [6.07, 6.45) is 0.594. The molecule has 0 radical (unpaired) electrons. The molecular weight excluding hydrogens is 405 g/mol. The van der Waals surface area contributed by atoms with Crippen molar-refractivity contribution in [3.05, 3.63) is 59.9 Å². The molecule has 3 rings (SSSR count). The predicted octanol–water partition coefficient (Wildman–Crippen LogP) is 1.61. The molecule has 6 nitrogen and oxygen atoms in total. The number of rotatable bonds is 7. The van der Waals surface area contributed by atoms with Crippen LogP contribution in [0.1, 0.15) is 5.56 Å². The molecular formula is C19H22FNO5S2. The highest BCUT2D eigenvalue weighted by Gasteiger charge is 2.45. The Morgan fingerprint density at radius 1 is 1.14 bits per heavy atom. The van der Waals surface area contributed by atoms with Gasteiger partial charge in [0.2, 0.25) is 0 Å². The predicted molar refractivity (Wildman–Crippen MR) is 105 cm³/mol. The summed E-state index contributed by atoms with van der Waals surface area (Å²) in [5, 5.41) is 1.98. The average molecular weight is 428 g/mol. The summed E-state index contributed by atoms with van der Waals surface area (Å²) in [6.45, 7) is 0.419. The van der Waals surface area contributed by atoms with E-state index in [4.69, 9.17) is 4.74 Å². The minimum atomic E-state index is -3.91. The van der Waals surface area contributed by atoms with Crippen LogP contribution in [0.15, 0.2) is 53.4 Å². The first kappa shape index (κ1) is 20.8. The molecule has 2 aromatic rings. The second-order valence-electron chi connectivity index (χ2n) is 6.78. The van der Waals surface area contributed by atoms with E-state index in [2.05, 4.69) is 5.32 Å². The van der Waals surface area contributed by atoms with E-state index >= 15 is 0 Å². The molecule has 1 aliphatic rings. The zero-order chi connectivity index (χ0) is 20.4. The Labute approximate surface area is 164 Å². The summed E-state index contributed by atoms with van der Waals surface area (Å²) >= 11 is 0. The lowest BCUT2D eigenvalue weighted by Gasteiger charge is -2.20. The normalized spacial score (nSPS) is 21.5. The van der Waals surface area contributed by atoms with Crippen molar-refractivity contribution in [3.8, 4) is 5.75 Å². The fourth-order valence-electron chi connectivity index (χ4n) is 3.34. The number of methoxy groups -OCH3 is 1. The van der Waals surface area contributed by atoms with E-state index in [0.29, 0.717) is 13.0 Å². The number of sulfone groups is 2. The van der Waals surface area contributed by atoms with Crippen LogP contribution in [-0.2, 0) is 26.1 Å². The van der Waals surface area contributed by atoms with E-state index < -0.39 is 42.5 Å². The van der Waals surface area contributed by atoms with E-state index in [0.717, 1.165) is 23.4 Å². The van der Waals surface area contributed by atoms with Gasteiger partial charge in [-0.1, -0.05) is 12.1 Å². The first-order chi connectivity index (χ1) is 13.2. The fourth-order valence-corrected chi connectivity index (χ4v) is 8.06. The quantitative estimate of drug-likeness (QED) is 0.676. The van der Waals surface area contributed by atoms with Crippen LogP contribution in [0, 0.1) is 5.82 Å². The molecule has 1 N–H and O–H groups in total. The maximum atomic E-state index is 13.1. The van der Waals surface area contributed by atoms with Crippen LogP contribution in [0.25, 0.3) is 0 Å². The van der Waals surface area contributed by atoms with E-state index in [1.165, 1.54) is 12.1 Å². The van der Waals surface area contributed by atoms with Gasteiger partial charge in [-0.25, -0.2) is 21.2 Å². The molecule has 152 valence electrons. The topological polar surface area (TPSA) is 89.5 Å². The Balaban J connectivity index is 1.74. The van der Waals surface area contributed by atoms with Gasteiger partial charge in [-0.05, 0) is 54.9 Å². The molecule has 0 bridgehead atoms. The van der Waals surface area contributed by atoms with Gasteiger partial charge in [0.1, 0.15) is 11.6 Å². The minimum absolute atomic E-state index is 0.0735. The summed E-state index contributed by atoms with van der Waals surface area (Å²) in [5.74, 6) is -0.511. The lowest BCUT2D eigenvalue weighted by Crippen LogP contribution is -2.44. The van der Waals surface area contributed by atoms with Crippen LogP contribution in [0.5, 0.6) is 5.75 Å². The molecule has 1 saturated heterocycles. The van der Waals surface area contributed by atoms with Gasteiger partial charge in [-0.15, -0.1) is 0 Å². The van der Waals surface area contributed by atoms with Gasteiger partial charge in [0.25, 0.3) is 0 Å². The zero-order valence-corrected chi connectivity index (χ0v) is 17.0. The molecule has 2 atom stereocenters. The number of benzene rings is 2. The monoisotopic (exact) mass is 427 g/mol. The first-order valence-corrected chi connectivity index (χ1v) is 12.1. The third kappa shape index (κ3) is 4.71. The molecule has 2 aromatic carbocycles. The maximum absolute atomic E-state index is 13.1. The van der Waals surface area contributed by atoms with Crippen molar-refractivity contribution in [2.24, 2.45) is 0 Å². The van der Waals surface area contributed by atoms with Gasteiger partial charge in [0, 0.05) is 6.04 Å². The number of hydrogen-bond donors (Lipinski definition) is 1. The van der Waals surface area contributed by atoms with Gasteiger partial charge in [-0.2, -0.15) is 0 Å². The molecule has 0 aromatic heterocycles. The number of nitrogens with one attached hydrogen (secondary N) is 1. The van der Waals surface area contributed by atoms with E-state index in [-0.39, 0.29) is 10.6 Å². The van der Waals surface area contributed by atoms with Gasteiger partial charge in [-0.3, -0.25) is 0 Å². The summed E-state index contributed by atoms with van der Waals surface area (Å²) in [7, 11) is -5.82. The third-order valence-corrected chi connectivity index (χ3v) is 8.96. The fraction of sp³-hybridized carbons (Fsp3) is 0.368. The first-order valence-electron chi connectivity index (χ1n) is 8.77. The smallest absolute Gasteiger partial charge is 0.183 e. The van der Waals surface area contributed by atoms with Crippen molar-refractivity contribution in [1.29, 1.82) is 0 Å². The Hall–Kier alpha value is -1.97. The molecule has 0 aliphatic carbocycles. The Kier molecular flexibility index (Phi) is 6.07. The van der Waals surface area contributed by atoms with Gasteiger partial charge in [0.15, 0.2) is 19.7 Å². The number of halogens is 1. The molecule has 0 saturated carbocycles. The van der Waals surface area contributed by atoms with Crippen molar-refractivity contribution in [2.45, 2.75) is 22.6 Å². The molecule has 0 spiro atoms. The van der Waals surface area contributed by atoms with Crippen LogP contribution in [0.3, 0.4) is 0 Å². The molecule has 1 aliphatic heterocycles. The van der Waals surface area contributed by atoms with Crippen LogP contribution in [0.4, 0.5) is 4.39 Å². The van der Waals surface area contributed by atoms with E-state index in [1.54, 1.807) is 7.11 Å². The van der Waals surface area contributed by atoms with Gasteiger partial charge < -0.3 is 10.1 Å². The van der Waals surface area contributed by atoms with Crippen molar-refractivity contribution < 1.29 is 26.0 Å². The highest BCUT2D eigenvalue weighted by atomic mass is 32.2. The Morgan fingerprint density at radius 3 is 2.54 bits per heavy atom. The largest absolute Gasteiger partial charge is 0.497 e. The average Bonchev–Trinajstić information content (AvgIpc) is 2.97. The van der Waals surface area contributed by atoms with Crippen molar-refractivity contribution in [1.82, 2.24) is 5.32 Å². The minimum Gasteiger partial charge on any atom is -0.497 e. The second kappa shape index (κ2) is 8.18. The maximum Gasteiger partial charge on any atom is 0.183 e. The summed E-state index contributed by atoms with van der Waals surface area (Å²) in [6, 6.07) is 11.2.